The summed E-state index contributed by atoms with van der Waals surface area (Å²) >= 11 is 0. The second-order valence-electron chi connectivity index (χ2n) is 4.24. The zero-order chi connectivity index (χ0) is 12.0. The number of methoxy groups -OCH3 is 1. The molecule has 0 radical (unpaired) electrons. The fourth-order valence-corrected chi connectivity index (χ4v) is 1.86. The third kappa shape index (κ3) is 3.44. The van der Waals surface area contributed by atoms with Crippen LogP contribution in [0.5, 0.6) is 5.75 Å². The number of aryl methyl sites for hydroxylation is 1. The molecule has 0 amide bonds. The predicted molar refractivity (Wildman–Crippen MR) is 70.3 cm³/mol. The quantitative estimate of drug-likeness (QED) is 0.784. The highest BCUT2D eigenvalue weighted by Gasteiger charge is 2.08. The highest BCUT2D eigenvalue weighted by Crippen LogP contribution is 2.26. The molecule has 0 saturated carbocycles. The van der Waals surface area contributed by atoms with Crippen molar-refractivity contribution < 1.29 is 4.74 Å². The van der Waals surface area contributed by atoms with Crippen molar-refractivity contribution in [3.63, 3.8) is 0 Å². The van der Waals surface area contributed by atoms with Crippen molar-refractivity contribution in [3.05, 3.63) is 23.8 Å². The zero-order valence-electron chi connectivity index (χ0n) is 10.8. The SMILES string of the molecule is CCCC(CC)Nc1ccc(C)cc1OC. The van der Waals surface area contributed by atoms with Gasteiger partial charge in [-0.15, -0.1) is 0 Å². The molecular formula is C14H23NO. The summed E-state index contributed by atoms with van der Waals surface area (Å²) in [7, 11) is 1.72. The van der Waals surface area contributed by atoms with E-state index in [9.17, 15) is 0 Å². The van der Waals surface area contributed by atoms with Crippen LogP contribution in [0.2, 0.25) is 0 Å². The van der Waals surface area contributed by atoms with E-state index in [0.29, 0.717) is 6.04 Å². The molecular weight excluding hydrogens is 198 g/mol. The number of hydrogen-bond acceptors (Lipinski definition) is 2. The molecule has 1 aromatic carbocycles. The third-order valence-electron chi connectivity index (χ3n) is 2.85. The van der Waals surface area contributed by atoms with Crippen molar-refractivity contribution in [2.75, 3.05) is 12.4 Å². The van der Waals surface area contributed by atoms with Crippen LogP contribution in [0.25, 0.3) is 0 Å². The fourth-order valence-electron chi connectivity index (χ4n) is 1.86. The zero-order valence-corrected chi connectivity index (χ0v) is 10.8. The molecule has 0 aliphatic carbocycles. The number of hydrogen-bond donors (Lipinski definition) is 1. The maximum Gasteiger partial charge on any atom is 0.142 e. The summed E-state index contributed by atoms with van der Waals surface area (Å²) in [6.45, 7) is 6.51. The summed E-state index contributed by atoms with van der Waals surface area (Å²) in [5, 5.41) is 3.55. The summed E-state index contributed by atoms with van der Waals surface area (Å²) in [6, 6.07) is 6.83. The van der Waals surface area contributed by atoms with Crippen LogP contribution in [0.3, 0.4) is 0 Å². The monoisotopic (exact) mass is 221 g/mol. The topological polar surface area (TPSA) is 21.3 Å². The van der Waals surface area contributed by atoms with Gasteiger partial charge >= 0.3 is 0 Å². The Kier molecular flexibility index (Phi) is 5.17. The van der Waals surface area contributed by atoms with E-state index < -0.39 is 0 Å². The summed E-state index contributed by atoms with van der Waals surface area (Å²) in [4.78, 5) is 0. The highest BCUT2D eigenvalue weighted by molar-refractivity contribution is 5.58. The van der Waals surface area contributed by atoms with Gasteiger partial charge in [-0.25, -0.2) is 0 Å². The van der Waals surface area contributed by atoms with E-state index in [2.05, 4.69) is 44.3 Å². The Morgan fingerprint density at radius 2 is 2.06 bits per heavy atom. The largest absolute Gasteiger partial charge is 0.495 e. The maximum atomic E-state index is 5.39. The Balaban J connectivity index is 2.78. The highest BCUT2D eigenvalue weighted by atomic mass is 16.5. The van der Waals surface area contributed by atoms with Crippen LogP contribution in [0, 0.1) is 6.92 Å². The van der Waals surface area contributed by atoms with Crippen molar-refractivity contribution in [1.82, 2.24) is 0 Å². The van der Waals surface area contributed by atoms with Crippen molar-refractivity contribution >= 4 is 5.69 Å². The van der Waals surface area contributed by atoms with Gasteiger partial charge in [0.2, 0.25) is 0 Å². The first-order valence-corrected chi connectivity index (χ1v) is 6.12. The van der Waals surface area contributed by atoms with Crippen LogP contribution in [0.4, 0.5) is 5.69 Å². The number of anilines is 1. The Labute approximate surface area is 99.0 Å². The smallest absolute Gasteiger partial charge is 0.142 e. The molecule has 2 nitrogen and oxygen atoms in total. The molecule has 1 atom stereocenters. The molecule has 0 saturated heterocycles. The van der Waals surface area contributed by atoms with E-state index in [0.717, 1.165) is 17.9 Å². The minimum atomic E-state index is 0.543. The molecule has 2 heteroatoms. The van der Waals surface area contributed by atoms with Crippen LogP contribution in [0.1, 0.15) is 38.7 Å². The van der Waals surface area contributed by atoms with Gasteiger partial charge in [-0.3, -0.25) is 0 Å². The lowest BCUT2D eigenvalue weighted by Crippen LogP contribution is -2.18. The van der Waals surface area contributed by atoms with Gasteiger partial charge in [-0.05, 0) is 37.5 Å². The third-order valence-corrected chi connectivity index (χ3v) is 2.85. The van der Waals surface area contributed by atoms with Gasteiger partial charge in [0.1, 0.15) is 5.75 Å². The fraction of sp³-hybridized carbons (Fsp3) is 0.571. The van der Waals surface area contributed by atoms with E-state index in [4.69, 9.17) is 4.74 Å². The molecule has 16 heavy (non-hydrogen) atoms. The molecule has 1 N–H and O–H groups in total. The molecule has 0 aromatic heterocycles. The second-order valence-corrected chi connectivity index (χ2v) is 4.24. The minimum absolute atomic E-state index is 0.543. The second kappa shape index (κ2) is 6.41. The lowest BCUT2D eigenvalue weighted by molar-refractivity contribution is 0.415. The molecule has 1 rings (SSSR count). The number of benzene rings is 1. The predicted octanol–water partition coefficient (Wildman–Crippen LogP) is 3.99. The summed E-state index contributed by atoms with van der Waals surface area (Å²) in [5.74, 6) is 0.939. The van der Waals surface area contributed by atoms with E-state index in [1.165, 1.54) is 18.4 Å². The first-order chi connectivity index (χ1) is 7.71. The van der Waals surface area contributed by atoms with Crippen LogP contribution in [0.15, 0.2) is 18.2 Å². The molecule has 0 fully saturated rings. The van der Waals surface area contributed by atoms with Crippen LogP contribution >= 0.6 is 0 Å². The molecule has 1 aromatic rings. The number of ether oxygens (including phenoxy) is 1. The normalized spacial score (nSPS) is 12.2. The average Bonchev–Trinajstić information content (AvgIpc) is 2.30. The molecule has 1 unspecified atom stereocenters. The van der Waals surface area contributed by atoms with Gasteiger partial charge in [0.05, 0.1) is 12.8 Å². The Morgan fingerprint density at radius 1 is 1.31 bits per heavy atom. The van der Waals surface area contributed by atoms with Gasteiger partial charge in [-0.1, -0.05) is 26.3 Å². The van der Waals surface area contributed by atoms with Gasteiger partial charge in [0, 0.05) is 6.04 Å². The van der Waals surface area contributed by atoms with Gasteiger partial charge in [0.25, 0.3) is 0 Å². The van der Waals surface area contributed by atoms with Crippen LogP contribution in [-0.4, -0.2) is 13.2 Å². The van der Waals surface area contributed by atoms with Crippen molar-refractivity contribution in [2.24, 2.45) is 0 Å². The molecule has 0 bridgehead atoms. The van der Waals surface area contributed by atoms with Crippen LogP contribution in [-0.2, 0) is 0 Å². The molecule has 90 valence electrons. The first kappa shape index (κ1) is 12.9. The molecule has 0 aliphatic rings. The van der Waals surface area contributed by atoms with E-state index >= 15 is 0 Å². The lowest BCUT2D eigenvalue weighted by atomic mass is 10.1. The summed E-state index contributed by atoms with van der Waals surface area (Å²) in [5.41, 5.74) is 2.33. The number of rotatable bonds is 6. The first-order valence-electron chi connectivity index (χ1n) is 6.12. The molecule has 0 aliphatic heterocycles. The van der Waals surface area contributed by atoms with Gasteiger partial charge in [0.15, 0.2) is 0 Å². The average molecular weight is 221 g/mol. The molecule has 0 heterocycles. The molecule has 0 spiro atoms. The minimum Gasteiger partial charge on any atom is -0.495 e. The number of nitrogens with one attached hydrogen (secondary N) is 1. The van der Waals surface area contributed by atoms with Gasteiger partial charge in [-0.2, -0.15) is 0 Å². The Bertz CT molecular complexity index is 323. The van der Waals surface area contributed by atoms with Crippen molar-refractivity contribution in [1.29, 1.82) is 0 Å². The van der Waals surface area contributed by atoms with Crippen LogP contribution < -0.4 is 10.1 Å². The van der Waals surface area contributed by atoms with E-state index in [1.54, 1.807) is 7.11 Å². The summed E-state index contributed by atoms with van der Waals surface area (Å²) in [6.07, 6.45) is 3.55. The van der Waals surface area contributed by atoms with Crippen molar-refractivity contribution in [3.8, 4) is 5.75 Å². The maximum absolute atomic E-state index is 5.39. The van der Waals surface area contributed by atoms with Crippen molar-refractivity contribution in [2.45, 2.75) is 46.1 Å². The van der Waals surface area contributed by atoms with E-state index in [1.807, 2.05) is 0 Å². The lowest BCUT2D eigenvalue weighted by Gasteiger charge is -2.19. The standard InChI is InChI=1S/C14H23NO/c1-5-7-12(6-2)15-13-9-8-11(3)10-14(13)16-4/h8-10,12,15H,5-7H2,1-4H3. The van der Waals surface area contributed by atoms with Gasteiger partial charge < -0.3 is 10.1 Å². The van der Waals surface area contributed by atoms with E-state index in [-0.39, 0.29) is 0 Å². The summed E-state index contributed by atoms with van der Waals surface area (Å²) < 4.78 is 5.39. The Hall–Kier alpha value is -1.18. The Morgan fingerprint density at radius 3 is 2.62 bits per heavy atom.